The number of nitrogens with one attached hydrogen (secondary N) is 4. The summed E-state index contributed by atoms with van der Waals surface area (Å²) in [5.41, 5.74) is -0.797. The molecule has 5 rings (SSSR count). The zero-order valence-electron chi connectivity index (χ0n) is 20.5. The average Bonchev–Trinajstić information content (AvgIpc) is 3.50. The quantitative estimate of drug-likeness (QED) is 0.0756. The van der Waals surface area contributed by atoms with Crippen LogP contribution >= 0.6 is 24.0 Å². The topological polar surface area (TPSA) is 231 Å². The van der Waals surface area contributed by atoms with Crippen LogP contribution in [0.1, 0.15) is 27.7 Å². The minimum Gasteiger partial charge on any atom is -0.504 e. The molecule has 3 aromatic rings. The Morgan fingerprint density at radius 3 is 2.61 bits per heavy atom. The van der Waals surface area contributed by atoms with Crippen molar-refractivity contribution in [3.8, 4) is 11.5 Å². The first-order valence-electron chi connectivity index (χ1n) is 11.7. The molecule has 2 unspecified atom stereocenters. The van der Waals surface area contributed by atoms with Gasteiger partial charge in [0.2, 0.25) is 5.91 Å². The first kappa shape index (κ1) is 27.5. The van der Waals surface area contributed by atoms with Crippen LogP contribution < -0.4 is 16.1 Å². The second-order valence-electron chi connectivity index (χ2n) is 8.79. The summed E-state index contributed by atoms with van der Waals surface area (Å²) in [5, 5.41) is 43.7. The second kappa shape index (κ2) is 10.9. The first-order chi connectivity index (χ1) is 19.6. The maximum Gasteiger partial charge on any atom is 0.353 e. The van der Waals surface area contributed by atoms with Crippen LogP contribution in [0.25, 0.3) is 0 Å². The number of β-lactam (4-membered cyclic amide) rings is 1. The lowest BCUT2D eigenvalue weighted by molar-refractivity contribution is -0.150. The fraction of sp³-hybridized carbons (Fsp3) is 0.167. The number of phenols is 2. The minimum absolute atomic E-state index is 0.0322. The summed E-state index contributed by atoms with van der Waals surface area (Å²) in [6, 6.07) is 1.84. The number of phenolic OH excluding ortho intramolecular Hbond substituents is 2. The van der Waals surface area contributed by atoms with E-state index in [2.05, 4.69) is 31.0 Å². The third kappa shape index (κ3) is 5.03. The van der Waals surface area contributed by atoms with Gasteiger partial charge in [-0.15, -0.1) is 11.8 Å². The number of aromatic amines is 2. The number of thioether (sulfide) groups is 1. The molecule has 0 bridgehead atoms. The summed E-state index contributed by atoms with van der Waals surface area (Å²) in [7, 11) is 0. The lowest BCUT2D eigenvalue weighted by atomic mass is 9.99. The predicted octanol–water partition coefficient (Wildman–Crippen LogP) is -0.468. The molecule has 0 saturated carbocycles. The number of aromatic hydroxyl groups is 2. The van der Waals surface area contributed by atoms with E-state index in [9.17, 15) is 39.3 Å². The number of aromatic nitrogens is 4. The molecule has 1 saturated heterocycles. The summed E-state index contributed by atoms with van der Waals surface area (Å²) < 4.78 is 0. The molecular formula is C24H19N7O8S2. The van der Waals surface area contributed by atoms with Gasteiger partial charge in [-0.1, -0.05) is 18.3 Å². The molecule has 41 heavy (non-hydrogen) atoms. The van der Waals surface area contributed by atoms with Gasteiger partial charge in [-0.3, -0.25) is 24.1 Å². The molecule has 0 aliphatic carbocycles. The average molecular weight is 598 g/mol. The molecule has 4 heterocycles. The van der Waals surface area contributed by atoms with Crippen LogP contribution in [0.2, 0.25) is 0 Å². The normalized spacial score (nSPS) is 18.6. The summed E-state index contributed by atoms with van der Waals surface area (Å²) >= 11 is 6.54. The number of carboxylic acids is 1. The third-order valence-corrected chi connectivity index (χ3v) is 8.06. The largest absolute Gasteiger partial charge is 0.504 e. The number of carbonyl (C=O) groups is 4. The Balaban J connectivity index is 1.40. The number of carboxylic acid groups (broad SMARTS) is 1. The molecule has 0 spiro atoms. The van der Waals surface area contributed by atoms with Crippen LogP contribution in [0.4, 0.5) is 0 Å². The van der Waals surface area contributed by atoms with E-state index in [-0.39, 0.29) is 38.7 Å². The zero-order chi connectivity index (χ0) is 29.4. The van der Waals surface area contributed by atoms with Crippen LogP contribution in [0.3, 0.4) is 0 Å². The highest BCUT2D eigenvalue weighted by atomic mass is 32.2. The fourth-order valence-corrected chi connectivity index (χ4v) is 6.03. The molecule has 210 valence electrons. The lowest BCUT2D eigenvalue weighted by Crippen LogP contribution is -2.71. The van der Waals surface area contributed by atoms with Crippen molar-refractivity contribution >= 4 is 52.5 Å². The molecule has 3 atom stereocenters. The summed E-state index contributed by atoms with van der Waals surface area (Å²) in [5.74, 6) is -4.90. The Morgan fingerprint density at radius 2 is 1.95 bits per heavy atom. The molecule has 0 radical (unpaired) electrons. The standard InChI is InChI=1S/C24H19N7O8S2/c32-13-3-4-25-6-10(13)20(35)27-16(9-1-2-14(33)15(34)5-9)21(36)28-17-22(37)31-18(24(38)39)11(8-41-23(17)31)19(40)12-7-26-30-29-12/h1-7,16-17,23,33-34H,8H2,(H,25,32)(H,27,35)(H,28,36)(H,38,39)(H,26,29,30)/t16?,17?,23-/m0/s1. The highest BCUT2D eigenvalue weighted by molar-refractivity contribution is 8.00. The van der Waals surface area contributed by atoms with E-state index >= 15 is 0 Å². The monoisotopic (exact) mass is 597 g/mol. The van der Waals surface area contributed by atoms with Crippen molar-refractivity contribution in [3.63, 3.8) is 0 Å². The fourth-order valence-electron chi connectivity index (χ4n) is 4.32. The molecule has 2 aromatic heterocycles. The number of pyridine rings is 1. The number of rotatable bonds is 8. The Hall–Kier alpha value is -5.03. The van der Waals surface area contributed by atoms with Crippen molar-refractivity contribution < 1.29 is 34.5 Å². The summed E-state index contributed by atoms with van der Waals surface area (Å²) in [6.07, 6.45) is 3.79. The van der Waals surface area contributed by atoms with Crippen LogP contribution in [0.15, 0.2) is 58.9 Å². The van der Waals surface area contributed by atoms with Crippen LogP contribution in [-0.4, -0.2) is 86.3 Å². The van der Waals surface area contributed by atoms with Crippen molar-refractivity contribution in [2.75, 3.05) is 5.75 Å². The Bertz CT molecular complexity index is 1690. The van der Waals surface area contributed by atoms with E-state index < -0.39 is 58.1 Å². The van der Waals surface area contributed by atoms with Crippen LogP contribution in [0.5, 0.6) is 11.5 Å². The molecule has 1 aromatic carbocycles. The third-order valence-electron chi connectivity index (χ3n) is 6.33. The van der Waals surface area contributed by atoms with Gasteiger partial charge in [0.1, 0.15) is 34.4 Å². The molecule has 17 heteroatoms. The number of hydrogen-bond acceptors (Lipinski definition) is 11. The number of carbonyl (C=O) groups excluding carboxylic acids is 3. The highest BCUT2D eigenvalue weighted by Gasteiger charge is 2.55. The van der Waals surface area contributed by atoms with E-state index in [1.54, 1.807) is 0 Å². The number of nitrogens with zero attached hydrogens (tertiary/aromatic N) is 3. The number of H-pyrrole nitrogens is 2. The molecule has 1 fully saturated rings. The molecule has 7 N–H and O–H groups in total. The zero-order valence-corrected chi connectivity index (χ0v) is 22.2. The van der Waals surface area contributed by atoms with Crippen molar-refractivity contribution in [2.45, 2.75) is 17.5 Å². The van der Waals surface area contributed by atoms with E-state index in [4.69, 9.17) is 12.2 Å². The van der Waals surface area contributed by atoms with Gasteiger partial charge < -0.3 is 30.9 Å². The van der Waals surface area contributed by atoms with Crippen molar-refractivity contribution in [3.05, 3.63) is 81.2 Å². The Morgan fingerprint density at radius 1 is 1.17 bits per heavy atom. The summed E-state index contributed by atoms with van der Waals surface area (Å²) in [6.45, 7) is 0. The van der Waals surface area contributed by atoms with E-state index in [0.717, 1.165) is 41.1 Å². The predicted molar refractivity (Wildman–Crippen MR) is 145 cm³/mol. The lowest BCUT2D eigenvalue weighted by Gasteiger charge is -2.49. The van der Waals surface area contributed by atoms with Gasteiger partial charge in [0.15, 0.2) is 16.9 Å². The maximum atomic E-state index is 13.5. The molecule has 2 aliphatic heterocycles. The van der Waals surface area contributed by atoms with Crippen LogP contribution in [0, 0.1) is 0 Å². The SMILES string of the molecule is O=C(O)C1=C(C(=S)c2cn[nH]n2)CS[C@H]2C(NC(=O)C(NC(=O)c3c[nH]ccc3=O)c3ccc(O)c(O)c3)C(=O)N12. The Kier molecular flexibility index (Phi) is 7.29. The van der Waals surface area contributed by atoms with Gasteiger partial charge in [0.25, 0.3) is 11.8 Å². The number of benzene rings is 1. The smallest absolute Gasteiger partial charge is 0.353 e. The van der Waals surface area contributed by atoms with E-state index in [1.807, 2.05) is 0 Å². The van der Waals surface area contributed by atoms with Crippen molar-refractivity contribution in [1.82, 2.24) is 35.9 Å². The van der Waals surface area contributed by atoms with Crippen molar-refractivity contribution in [2.24, 2.45) is 0 Å². The molecule has 3 amide bonds. The second-order valence-corrected chi connectivity index (χ2v) is 10.3. The first-order valence-corrected chi connectivity index (χ1v) is 13.2. The minimum atomic E-state index is -1.52. The number of amides is 3. The summed E-state index contributed by atoms with van der Waals surface area (Å²) in [4.78, 5) is 67.5. The van der Waals surface area contributed by atoms with E-state index in [1.165, 1.54) is 18.5 Å². The molecule has 15 nitrogen and oxygen atoms in total. The van der Waals surface area contributed by atoms with Gasteiger partial charge in [0, 0.05) is 29.8 Å². The maximum absolute atomic E-state index is 13.5. The van der Waals surface area contributed by atoms with Gasteiger partial charge in [-0.2, -0.15) is 15.4 Å². The Labute approximate surface area is 238 Å². The molecule has 2 aliphatic rings. The van der Waals surface area contributed by atoms with E-state index in [0.29, 0.717) is 0 Å². The highest BCUT2D eigenvalue weighted by Crippen LogP contribution is 2.41. The number of fused-ring (bicyclic) bond motifs is 1. The van der Waals surface area contributed by atoms with Gasteiger partial charge in [0.05, 0.1) is 11.1 Å². The van der Waals surface area contributed by atoms with Gasteiger partial charge in [-0.25, -0.2) is 4.79 Å². The number of aliphatic carboxylic acids is 1. The van der Waals surface area contributed by atoms with Gasteiger partial charge in [-0.05, 0) is 17.7 Å². The number of hydrogen-bond donors (Lipinski definition) is 7. The number of thiocarbonyl (C=S) groups is 1. The molecular weight excluding hydrogens is 578 g/mol. The van der Waals surface area contributed by atoms with Crippen molar-refractivity contribution in [1.29, 1.82) is 0 Å². The van der Waals surface area contributed by atoms with Gasteiger partial charge >= 0.3 is 5.97 Å². The van der Waals surface area contributed by atoms with Crippen LogP contribution in [-0.2, 0) is 14.4 Å².